The van der Waals surface area contributed by atoms with Gasteiger partial charge < -0.3 is 20.5 Å². The Kier molecular flexibility index (Phi) is 7.69. The average Bonchev–Trinajstić information content (AvgIpc) is 3.39. The summed E-state index contributed by atoms with van der Waals surface area (Å²) in [5.74, 6) is -3.65. The molecule has 2 aromatic carbocycles. The molecule has 0 radical (unpaired) electrons. The predicted octanol–water partition coefficient (Wildman–Crippen LogP) is 2.40. The number of carbonyl (C=O) groups excluding carboxylic acids is 5. The fourth-order valence-electron chi connectivity index (χ4n) is 4.89. The summed E-state index contributed by atoms with van der Waals surface area (Å²) in [5.41, 5.74) is 6.72. The van der Waals surface area contributed by atoms with Crippen molar-refractivity contribution < 1.29 is 33.4 Å². The van der Waals surface area contributed by atoms with Gasteiger partial charge in [-0.3, -0.25) is 23.7 Å². The Labute approximate surface area is 241 Å². The Morgan fingerprint density at radius 3 is 2.29 bits per heavy atom. The number of amides is 5. The number of methoxy groups -OCH3 is 1. The van der Waals surface area contributed by atoms with Crippen molar-refractivity contribution in [2.45, 2.75) is 29.7 Å². The Morgan fingerprint density at radius 2 is 1.68 bits per heavy atom. The maximum absolute atomic E-state index is 13.3. The zero-order valence-corrected chi connectivity index (χ0v) is 23.5. The van der Waals surface area contributed by atoms with Gasteiger partial charge in [0.25, 0.3) is 5.91 Å². The van der Waals surface area contributed by atoms with Crippen LogP contribution in [0.15, 0.2) is 58.4 Å². The number of hydrogen-bond donors (Lipinski definition) is 2. The molecule has 5 rings (SSSR count). The van der Waals surface area contributed by atoms with Crippen LogP contribution in [0.25, 0.3) is 0 Å². The molecule has 41 heavy (non-hydrogen) atoms. The number of imide groups is 3. The van der Waals surface area contributed by atoms with E-state index in [1.165, 1.54) is 35.9 Å². The van der Waals surface area contributed by atoms with Crippen molar-refractivity contribution in [1.29, 1.82) is 0 Å². The molecule has 0 bridgehead atoms. The van der Waals surface area contributed by atoms with E-state index in [9.17, 15) is 28.8 Å². The average molecular weight is 597 g/mol. The highest BCUT2D eigenvalue weighted by Crippen LogP contribution is 2.53. The van der Waals surface area contributed by atoms with Crippen molar-refractivity contribution in [2.75, 3.05) is 19.0 Å². The summed E-state index contributed by atoms with van der Waals surface area (Å²) in [5, 5.41) is 2.04. The standard InChI is InChI=1S/C27H24N4O8S2/c1-3-39-25(35)14-4-8-15(9-5-14)29-17(32)12-30-24-21(41-27(30)37)18(13-6-10-16(38-2)11-7-13)19-20(40-24)23(34)31(22(19)33)26(28)36/h4-11,18-20H,3,12H2,1-2H3,(H2,28,36)(H,29,32). The molecular weight excluding hydrogens is 572 g/mol. The summed E-state index contributed by atoms with van der Waals surface area (Å²) in [7, 11) is 1.51. The molecule has 3 heterocycles. The van der Waals surface area contributed by atoms with E-state index in [0.717, 1.165) is 23.1 Å². The molecule has 2 aliphatic rings. The van der Waals surface area contributed by atoms with E-state index in [1.807, 2.05) is 0 Å². The van der Waals surface area contributed by atoms with Gasteiger partial charge in [-0.1, -0.05) is 35.2 Å². The highest BCUT2D eigenvalue weighted by Gasteiger charge is 2.57. The first kappa shape index (κ1) is 28.1. The van der Waals surface area contributed by atoms with Crippen LogP contribution in [0, 0.1) is 5.92 Å². The number of ether oxygens (including phenoxy) is 2. The molecule has 3 atom stereocenters. The number of anilines is 1. The lowest BCUT2D eigenvalue weighted by Crippen LogP contribution is -2.41. The molecule has 2 aliphatic heterocycles. The highest BCUT2D eigenvalue weighted by atomic mass is 32.2. The van der Waals surface area contributed by atoms with Gasteiger partial charge >= 0.3 is 16.9 Å². The predicted molar refractivity (Wildman–Crippen MR) is 149 cm³/mol. The van der Waals surface area contributed by atoms with Gasteiger partial charge in [-0.2, -0.15) is 4.90 Å². The number of likely N-dealkylation sites (tertiary alicyclic amines) is 1. The van der Waals surface area contributed by atoms with E-state index in [0.29, 0.717) is 37.4 Å². The number of hydrogen-bond acceptors (Lipinski definition) is 10. The Morgan fingerprint density at radius 1 is 1.00 bits per heavy atom. The Hall–Kier alpha value is -4.43. The third kappa shape index (κ3) is 5.11. The molecule has 1 saturated heterocycles. The van der Waals surface area contributed by atoms with Crippen LogP contribution in [0.1, 0.15) is 33.6 Å². The van der Waals surface area contributed by atoms with Gasteiger partial charge in [0.2, 0.25) is 11.8 Å². The van der Waals surface area contributed by atoms with Crippen molar-refractivity contribution >= 4 is 58.5 Å². The number of urea groups is 1. The molecule has 12 nitrogen and oxygen atoms in total. The van der Waals surface area contributed by atoms with Crippen LogP contribution in [0.5, 0.6) is 5.75 Å². The van der Waals surface area contributed by atoms with Crippen molar-refractivity contribution in [1.82, 2.24) is 9.47 Å². The second kappa shape index (κ2) is 11.2. The number of thioether (sulfide) groups is 1. The molecule has 1 fully saturated rings. The summed E-state index contributed by atoms with van der Waals surface area (Å²) >= 11 is 1.84. The van der Waals surface area contributed by atoms with Crippen LogP contribution in [-0.2, 0) is 25.7 Å². The topological polar surface area (TPSA) is 167 Å². The third-order valence-electron chi connectivity index (χ3n) is 6.73. The lowest BCUT2D eigenvalue weighted by Gasteiger charge is -2.30. The second-order valence-electron chi connectivity index (χ2n) is 9.13. The molecule has 3 unspecified atom stereocenters. The SMILES string of the molecule is CCOC(=O)c1ccc(NC(=O)Cn2c3c(sc2=O)C(c2ccc(OC)cc2)C2C(=O)N(C(N)=O)C(=O)C2S3)cc1. The fourth-order valence-corrected chi connectivity index (χ4v) is 7.66. The van der Waals surface area contributed by atoms with Crippen LogP contribution in [-0.4, -0.2) is 58.2 Å². The van der Waals surface area contributed by atoms with E-state index < -0.39 is 51.7 Å². The van der Waals surface area contributed by atoms with E-state index in [4.69, 9.17) is 15.2 Å². The van der Waals surface area contributed by atoms with Crippen LogP contribution < -0.4 is 20.7 Å². The first-order chi connectivity index (χ1) is 19.6. The number of nitrogens with zero attached hydrogens (tertiary/aromatic N) is 2. The molecule has 14 heteroatoms. The number of rotatable bonds is 7. The molecule has 0 spiro atoms. The van der Waals surface area contributed by atoms with E-state index in [-0.39, 0.29) is 13.2 Å². The zero-order valence-electron chi connectivity index (χ0n) is 21.8. The number of nitrogens with two attached hydrogens (primary N) is 1. The number of fused-ring (bicyclic) bond motifs is 2. The maximum Gasteiger partial charge on any atom is 0.338 e. The van der Waals surface area contributed by atoms with Crippen LogP contribution >= 0.6 is 23.1 Å². The number of nitrogens with one attached hydrogen (secondary N) is 1. The maximum atomic E-state index is 13.3. The van der Waals surface area contributed by atoms with Crippen molar-refractivity contribution in [2.24, 2.45) is 11.7 Å². The monoisotopic (exact) mass is 596 g/mol. The smallest absolute Gasteiger partial charge is 0.338 e. The summed E-state index contributed by atoms with van der Waals surface area (Å²) < 4.78 is 11.4. The number of benzene rings is 2. The molecule has 212 valence electrons. The summed E-state index contributed by atoms with van der Waals surface area (Å²) in [6.07, 6.45) is 0. The molecule has 0 saturated carbocycles. The van der Waals surface area contributed by atoms with Gasteiger partial charge in [-0.05, 0) is 48.9 Å². The van der Waals surface area contributed by atoms with Crippen molar-refractivity contribution in [3.8, 4) is 5.75 Å². The van der Waals surface area contributed by atoms with Crippen molar-refractivity contribution in [3.05, 3.63) is 74.2 Å². The molecule has 3 aromatic rings. The van der Waals surface area contributed by atoms with E-state index >= 15 is 0 Å². The number of aromatic nitrogens is 1. The number of carbonyl (C=O) groups is 5. The summed E-state index contributed by atoms with van der Waals surface area (Å²) in [4.78, 5) is 76.9. The molecule has 1 aromatic heterocycles. The molecule has 3 N–H and O–H groups in total. The molecule has 5 amide bonds. The van der Waals surface area contributed by atoms with E-state index in [2.05, 4.69) is 5.32 Å². The zero-order chi connectivity index (χ0) is 29.4. The van der Waals surface area contributed by atoms with Gasteiger partial charge in [0.1, 0.15) is 17.5 Å². The van der Waals surface area contributed by atoms with Crippen LogP contribution in [0.3, 0.4) is 0 Å². The van der Waals surface area contributed by atoms with Gasteiger partial charge in [0.05, 0.1) is 30.2 Å². The Bertz CT molecular complexity index is 1610. The Balaban J connectivity index is 1.47. The normalized spacial score (nSPS) is 19.4. The lowest BCUT2D eigenvalue weighted by atomic mass is 9.83. The minimum absolute atomic E-state index is 0.232. The third-order valence-corrected chi connectivity index (χ3v) is 9.33. The lowest BCUT2D eigenvalue weighted by molar-refractivity contribution is -0.135. The number of esters is 1. The van der Waals surface area contributed by atoms with Gasteiger partial charge in [0, 0.05) is 16.5 Å². The highest BCUT2D eigenvalue weighted by molar-refractivity contribution is 8.00. The summed E-state index contributed by atoms with van der Waals surface area (Å²) in [6.45, 7) is 1.56. The van der Waals surface area contributed by atoms with E-state index in [1.54, 1.807) is 31.2 Å². The molecule has 0 aliphatic carbocycles. The first-order valence-corrected chi connectivity index (χ1v) is 14.1. The van der Waals surface area contributed by atoms with Gasteiger partial charge in [0.15, 0.2) is 0 Å². The second-order valence-corrected chi connectivity index (χ2v) is 11.3. The van der Waals surface area contributed by atoms with Gasteiger partial charge in [-0.15, -0.1) is 0 Å². The number of thiazole rings is 1. The minimum atomic E-state index is -1.17. The largest absolute Gasteiger partial charge is 0.497 e. The fraction of sp³-hybridized carbons (Fsp3) is 0.259. The van der Waals surface area contributed by atoms with Crippen LogP contribution in [0.4, 0.5) is 10.5 Å². The minimum Gasteiger partial charge on any atom is -0.497 e. The molecular formula is C27H24N4O8S2. The first-order valence-electron chi connectivity index (χ1n) is 12.4. The van der Waals surface area contributed by atoms with Crippen LogP contribution in [0.2, 0.25) is 0 Å². The number of primary amides is 1. The van der Waals surface area contributed by atoms with Gasteiger partial charge in [-0.25, -0.2) is 9.59 Å². The quantitative estimate of drug-likeness (QED) is 0.307. The van der Waals surface area contributed by atoms with Crippen molar-refractivity contribution in [3.63, 3.8) is 0 Å². The summed E-state index contributed by atoms with van der Waals surface area (Å²) in [6, 6.07) is 11.8.